The van der Waals surface area contributed by atoms with Crippen LogP contribution >= 0.6 is 0 Å². The van der Waals surface area contributed by atoms with Crippen LogP contribution in [0.2, 0.25) is 0 Å². The Labute approximate surface area is 161 Å². The third-order valence-corrected chi connectivity index (χ3v) is 4.16. The molecular weight excluding hydrogens is 357 g/mol. The van der Waals surface area contributed by atoms with Gasteiger partial charge in [-0.15, -0.1) is 0 Å². The Hall–Kier alpha value is -3.73. The fourth-order valence-electron chi connectivity index (χ4n) is 2.72. The van der Waals surface area contributed by atoms with Crippen LogP contribution < -0.4 is 4.74 Å². The highest BCUT2D eigenvalue weighted by Gasteiger charge is 2.25. The summed E-state index contributed by atoms with van der Waals surface area (Å²) in [6, 6.07) is 23.2. The van der Waals surface area contributed by atoms with E-state index in [2.05, 4.69) is 4.99 Å². The molecule has 28 heavy (non-hydrogen) atoms. The van der Waals surface area contributed by atoms with E-state index in [1.807, 2.05) is 54.6 Å². The Morgan fingerprint density at radius 1 is 0.929 bits per heavy atom. The second-order valence-electron chi connectivity index (χ2n) is 6.16. The number of benzene rings is 3. The number of rotatable bonds is 5. The SMILES string of the molecule is O=C1OC(c2ccccc2F)=NC1=Cc1ccc(OCc2ccccc2)cc1. The molecule has 0 bridgehead atoms. The Bertz CT molecular complexity index is 1060. The summed E-state index contributed by atoms with van der Waals surface area (Å²) in [4.78, 5) is 16.2. The zero-order chi connectivity index (χ0) is 19.3. The van der Waals surface area contributed by atoms with E-state index in [1.165, 1.54) is 12.1 Å². The summed E-state index contributed by atoms with van der Waals surface area (Å²) in [5.74, 6) is -0.411. The summed E-state index contributed by atoms with van der Waals surface area (Å²) in [6.07, 6.45) is 1.59. The number of esters is 1. The molecule has 0 fully saturated rings. The molecule has 0 saturated heterocycles. The molecular formula is C23H16FNO3. The van der Waals surface area contributed by atoms with E-state index in [-0.39, 0.29) is 17.2 Å². The first-order valence-electron chi connectivity index (χ1n) is 8.73. The van der Waals surface area contributed by atoms with Gasteiger partial charge in [-0.2, -0.15) is 0 Å². The lowest BCUT2D eigenvalue weighted by Crippen LogP contribution is -2.07. The van der Waals surface area contributed by atoms with Crippen LogP contribution in [0.25, 0.3) is 6.08 Å². The third-order valence-electron chi connectivity index (χ3n) is 4.16. The highest BCUT2D eigenvalue weighted by Crippen LogP contribution is 2.22. The Balaban J connectivity index is 1.48. The van der Waals surface area contributed by atoms with Crippen LogP contribution in [0.1, 0.15) is 16.7 Å². The van der Waals surface area contributed by atoms with Crippen LogP contribution in [0.4, 0.5) is 4.39 Å². The number of carbonyl (C=O) groups is 1. The van der Waals surface area contributed by atoms with Gasteiger partial charge in [0, 0.05) is 0 Å². The number of cyclic esters (lactones) is 1. The average Bonchev–Trinajstić information content (AvgIpc) is 3.08. The first kappa shape index (κ1) is 17.7. The second kappa shape index (κ2) is 7.88. The molecule has 5 heteroatoms. The highest BCUT2D eigenvalue weighted by atomic mass is 19.1. The van der Waals surface area contributed by atoms with Gasteiger partial charge in [-0.25, -0.2) is 14.2 Å². The van der Waals surface area contributed by atoms with Crippen LogP contribution in [0.5, 0.6) is 5.75 Å². The predicted octanol–water partition coefficient (Wildman–Crippen LogP) is 4.75. The van der Waals surface area contributed by atoms with Gasteiger partial charge in [-0.05, 0) is 41.5 Å². The number of hydrogen-bond donors (Lipinski definition) is 0. The summed E-state index contributed by atoms with van der Waals surface area (Å²) < 4.78 is 24.7. The van der Waals surface area contributed by atoms with Crippen LogP contribution in [-0.2, 0) is 16.1 Å². The zero-order valence-corrected chi connectivity index (χ0v) is 14.8. The molecule has 3 aromatic carbocycles. The third kappa shape index (κ3) is 3.99. The van der Waals surface area contributed by atoms with E-state index in [0.29, 0.717) is 6.61 Å². The molecule has 0 amide bonds. The maximum Gasteiger partial charge on any atom is 0.363 e. The molecule has 1 aliphatic rings. The van der Waals surface area contributed by atoms with E-state index in [0.717, 1.165) is 16.9 Å². The normalized spacial score (nSPS) is 14.7. The van der Waals surface area contributed by atoms with E-state index in [1.54, 1.807) is 18.2 Å². The minimum Gasteiger partial charge on any atom is -0.489 e. The predicted molar refractivity (Wildman–Crippen MR) is 104 cm³/mol. The summed E-state index contributed by atoms with van der Waals surface area (Å²) in [7, 11) is 0. The molecule has 0 aromatic heterocycles. The van der Waals surface area contributed by atoms with Gasteiger partial charge in [0.2, 0.25) is 5.90 Å². The van der Waals surface area contributed by atoms with Crippen LogP contribution in [0.3, 0.4) is 0 Å². The fraction of sp³-hybridized carbons (Fsp3) is 0.0435. The Morgan fingerprint density at radius 3 is 2.39 bits per heavy atom. The van der Waals surface area contributed by atoms with Crippen molar-refractivity contribution in [3.63, 3.8) is 0 Å². The van der Waals surface area contributed by atoms with E-state index in [9.17, 15) is 9.18 Å². The largest absolute Gasteiger partial charge is 0.489 e. The second-order valence-corrected chi connectivity index (χ2v) is 6.16. The summed E-state index contributed by atoms with van der Waals surface area (Å²) in [5, 5.41) is 0. The molecule has 1 heterocycles. The van der Waals surface area contributed by atoms with Gasteiger partial charge >= 0.3 is 5.97 Å². The topological polar surface area (TPSA) is 47.9 Å². The Morgan fingerprint density at radius 2 is 1.64 bits per heavy atom. The summed E-state index contributed by atoms with van der Waals surface area (Å²) >= 11 is 0. The molecule has 0 unspecified atom stereocenters. The van der Waals surface area contributed by atoms with Crippen molar-refractivity contribution in [3.8, 4) is 5.75 Å². The number of halogens is 1. The van der Waals surface area contributed by atoms with Crippen molar-refractivity contribution < 1.29 is 18.7 Å². The quantitative estimate of drug-likeness (QED) is 0.479. The fourth-order valence-corrected chi connectivity index (χ4v) is 2.72. The van der Waals surface area contributed by atoms with Crippen LogP contribution in [0.15, 0.2) is 89.6 Å². The average molecular weight is 373 g/mol. The van der Waals surface area contributed by atoms with E-state index >= 15 is 0 Å². The minimum absolute atomic E-state index is 0.0304. The number of nitrogens with zero attached hydrogens (tertiary/aromatic N) is 1. The molecule has 0 radical (unpaired) electrons. The van der Waals surface area contributed by atoms with Gasteiger partial charge in [0.15, 0.2) is 5.70 Å². The highest BCUT2D eigenvalue weighted by molar-refractivity contribution is 6.12. The van der Waals surface area contributed by atoms with Gasteiger partial charge in [-0.3, -0.25) is 0 Å². The molecule has 0 atom stereocenters. The van der Waals surface area contributed by atoms with Gasteiger partial charge in [-0.1, -0.05) is 54.6 Å². The van der Waals surface area contributed by atoms with Crippen molar-refractivity contribution in [2.45, 2.75) is 6.61 Å². The monoisotopic (exact) mass is 373 g/mol. The van der Waals surface area contributed by atoms with Crippen molar-refractivity contribution >= 4 is 17.9 Å². The molecule has 0 saturated carbocycles. The van der Waals surface area contributed by atoms with Gasteiger partial charge in [0.1, 0.15) is 18.2 Å². The molecule has 1 aliphatic heterocycles. The molecule has 0 N–H and O–H groups in total. The van der Waals surface area contributed by atoms with Crippen molar-refractivity contribution in [2.24, 2.45) is 4.99 Å². The van der Waals surface area contributed by atoms with Crippen molar-refractivity contribution in [2.75, 3.05) is 0 Å². The molecule has 4 nitrogen and oxygen atoms in total. The standard InChI is InChI=1S/C23H16FNO3/c24-20-9-5-4-8-19(20)22-25-21(23(26)28-22)14-16-10-12-18(13-11-16)27-15-17-6-2-1-3-7-17/h1-14H,15H2. The number of carbonyl (C=O) groups excluding carboxylic acids is 1. The van der Waals surface area contributed by atoms with Crippen molar-refractivity contribution in [1.82, 2.24) is 0 Å². The molecule has 3 aromatic rings. The van der Waals surface area contributed by atoms with E-state index in [4.69, 9.17) is 9.47 Å². The first-order chi connectivity index (χ1) is 13.7. The summed E-state index contributed by atoms with van der Waals surface area (Å²) in [5.41, 5.74) is 2.12. The van der Waals surface area contributed by atoms with Crippen LogP contribution in [0, 0.1) is 5.82 Å². The number of aliphatic imine (C=N–C) groups is 1. The number of ether oxygens (including phenoxy) is 2. The minimum atomic E-state index is -0.609. The van der Waals surface area contributed by atoms with Gasteiger partial charge in [0.25, 0.3) is 0 Å². The number of hydrogen-bond acceptors (Lipinski definition) is 4. The maximum atomic E-state index is 13.9. The lowest BCUT2D eigenvalue weighted by Gasteiger charge is -2.06. The van der Waals surface area contributed by atoms with Gasteiger partial charge < -0.3 is 9.47 Å². The summed E-state index contributed by atoms with van der Waals surface area (Å²) in [6.45, 7) is 0.476. The molecule has 0 spiro atoms. The van der Waals surface area contributed by atoms with E-state index < -0.39 is 11.8 Å². The molecule has 0 aliphatic carbocycles. The van der Waals surface area contributed by atoms with Crippen LogP contribution in [-0.4, -0.2) is 11.9 Å². The lowest BCUT2D eigenvalue weighted by atomic mass is 10.2. The first-order valence-corrected chi connectivity index (χ1v) is 8.73. The molecule has 138 valence electrons. The molecule has 4 rings (SSSR count). The maximum absolute atomic E-state index is 13.9. The zero-order valence-electron chi connectivity index (χ0n) is 14.8. The lowest BCUT2D eigenvalue weighted by molar-refractivity contribution is -0.129. The van der Waals surface area contributed by atoms with Crippen molar-refractivity contribution in [1.29, 1.82) is 0 Å². The Kier molecular flexibility index (Phi) is 4.97. The van der Waals surface area contributed by atoms with Gasteiger partial charge in [0.05, 0.1) is 5.56 Å². The van der Waals surface area contributed by atoms with Crippen molar-refractivity contribution in [3.05, 3.63) is 107 Å². The smallest absolute Gasteiger partial charge is 0.363 e.